The maximum absolute atomic E-state index is 6.41. The third-order valence-corrected chi connectivity index (χ3v) is 4.78. The molecule has 0 aromatic carbocycles. The number of hydrogen-bond acceptors (Lipinski definition) is 3. The molecule has 4 heteroatoms. The first-order valence-electron chi connectivity index (χ1n) is 7.81. The van der Waals surface area contributed by atoms with Crippen molar-refractivity contribution in [2.75, 3.05) is 13.1 Å². The van der Waals surface area contributed by atoms with E-state index in [9.17, 15) is 0 Å². The van der Waals surface area contributed by atoms with Gasteiger partial charge in [0.25, 0.3) is 0 Å². The summed E-state index contributed by atoms with van der Waals surface area (Å²) in [6, 6.07) is 0.485. The highest BCUT2D eigenvalue weighted by Crippen LogP contribution is 2.38. The van der Waals surface area contributed by atoms with Crippen molar-refractivity contribution in [3.05, 3.63) is 18.0 Å². The van der Waals surface area contributed by atoms with Crippen LogP contribution in [0.1, 0.15) is 52.1 Å². The molecule has 20 heavy (non-hydrogen) atoms. The summed E-state index contributed by atoms with van der Waals surface area (Å²) in [7, 11) is 1.97. The van der Waals surface area contributed by atoms with E-state index < -0.39 is 0 Å². The van der Waals surface area contributed by atoms with Crippen LogP contribution in [0, 0.1) is 11.3 Å². The molecular weight excluding hydrogens is 248 g/mol. The molecule has 1 aliphatic heterocycles. The minimum absolute atomic E-state index is 0.179. The van der Waals surface area contributed by atoms with Gasteiger partial charge in [0.15, 0.2) is 0 Å². The molecule has 2 heterocycles. The van der Waals surface area contributed by atoms with Gasteiger partial charge in [-0.1, -0.05) is 27.7 Å². The summed E-state index contributed by atoms with van der Waals surface area (Å²) < 4.78 is 1.88. The van der Waals surface area contributed by atoms with Crippen molar-refractivity contribution in [2.24, 2.45) is 24.1 Å². The molecule has 1 aromatic heterocycles. The predicted octanol–water partition coefficient (Wildman–Crippen LogP) is 2.57. The van der Waals surface area contributed by atoms with E-state index in [0.29, 0.717) is 11.5 Å². The predicted molar refractivity (Wildman–Crippen MR) is 83.4 cm³/mol. The SMILES string of the molecule is CCC(N)C(c1cnn(C)c1)N1CCC(C(C)(C)C)C1. The summed E-state index contributed by atoms with van der Waals surface area (Å²) in [5.74, 6) is 0.755. The van der Waals surface area contributed by atoms with E-state index in [2.05, 4.69) is 43.9 Å². The van der Waals surface area contributed by atoms with Crippen LogP contribution < -0.4 is 5.73 Å². The Morgan fingerprint density at radius 3 is 2.60 bits per heavy atom. The van der Waals surface area contributed by atoms with Crippen LogP contribution in [0.3, 0.4) is 0 Å². The fraction of sp³-hybridized carbons (Fsp3) is 0.812. The maximum Gasteiger partial charge on any atom is 0.0538 e. The first kappa shape index (κ1) is 15.5. The van der Waals surface area contributed by atoms with Gasteiger partial charge < -0.3 is 5.73 Å². The molecule has 1 fully saturated rings. The van der Waals surface area contributed by atoms with E-state index in [1.165, 1.54) is 12.0 Å². The number of aryl methyl sites for hydroxylation is 1. The molecule has 0 bridgehead atoms. The van der Waals surface area contributed by atoms with Crippen LogP contribution in [-0.2, 0) is 7.05 Å². The molecule has 0 saturated carbocycles. The molecular formula is C16H30N4. The Hall–Kier alpha value is -0.870. The zero-order chi connectivity index (χ0) is 14.9. The molecule has 4 nitrogen and oxygen atoms in total. The molecule has 0 spiro atoms. The number of nitrogens with two attached hydrogens (primary N) is 1. The van der Waals surface area contributed by atoms with Crippen molar-refractivity contribution in [3.63, 3.8) is 0 Å². The average molecular weight is 278 g/mol. The van der Waals surface area contributed by atoms with Gasteiger partial charge in [0, 0.05) is 31.4 Å². The normalized spacial score (nSPS) is 24.0. The van der Waals surface area contributed by atoms with Gasteiger partial charge in [-0.25, -0.2) is 0 Å². The Morgan fingerprint density at radius 1 is 1.45 bits per heavy atom. The van der Waals surface area contributed by atoms with Crippen LogP contribution in [0.2, 0.25) is 0 Å². The first-order valence-corrected chi connectivity index (χ1v) is 7.81. The number of likely N-dealkylation sites (tertiary alicyclic amines) is 1. The van der Waals surface area contributed by atoms with Crippen LogP contribution in [0.4, 0.5) is 0 Å². The molecule has 1 aromatic rings. The molecule has 114 valence electrons. The van der Waals surface area contributed by atoms with Crippen molar-refractivity contribution in [3.8, 4) is 0 Å². The van der Waals surface area contributed by atoms with E-state index in [0.717, 1.165) is 25.4 Å². The summed E-state index contributed by atoms with van der Waals surface area (Å²) in [6.45, 7) is 11.5. The number of nitrogens with zero attached hydrogens (tertiary/aromatic N) is 3. The van der Waals surface area contributed by atoms with Crippen molar-refractivity contribution >= 4 is 0 Å². The minimum atomic E-state index is 0.179. The van der Waals surface area contributed by atoms with Gasteiger partial charge in [-0.15, -0.1) is 0 Å². The molecule has 1 aliphatic rings. The zero-order valence-corrected chi connectivity index (χ0v) is 13.6. The van der Waals surface area contributed by atoms with Gasteiger partial charge in [-0.2, -0.15) is 5.10 Å². The number of aromatic nitrogens is 2. The summed E-state index contributed by atoms with van der Waals surface area (Å²) >= 11 is 0. The van der Waals surface area contributed by atoms with E-state index in [1.54, 1.807) is 0 Å². The molecule has 2 rings (SSSR count). The lowest BCUT2D eigenvalue weighted by Crippen LogP contribution is -2.40. The summed E-state index contributed by atoms with van der Waals surface area (Å²) in [6.07, 6.45) is 6.36. The highest BCUT2D eigenvalue weighted by atomic mass is 15.3. The molecule has 0 radical (unpaired) electrons. The van der Waals surface area contributed by atoms with Crippen molar-refractivity contribution < 1.29 is 0 Å². The second-order valence-corrected chi connectivity index (χ2v) is 7.31. The Bertz CT molecular complexity index is 432. The zero-order valence-electron chi connectivity index (χ0n) is 13.6. The van der Waals surface area contributed by atoms with Gasteiger partial charge >= 0.3 is 0 Å². The van der Waals surface area contributed by atoms with Crippen molar-refractivity contribution in [1.29, 1.82) is 0 Å². The Kier molecular flexibility index (Phi) is 4.55. The molecule has 0 amide bonds. The largest absolute Gasteiger partial charge is 0.326 e. The molecule has 3 unspecified atom stereocenters. The van der Waals surface area contributed by atoms with E-state index in [4.69, 9.17) is 5.73 Å². The Labute approximate surface area is 123 Å². The maximum atomic E-state index is 6.41. The van der Waals surface area contributed by atoms with Crippen molar-refractivity contribution in [2.45, 2.75) is 52.6 Å². The standard InChI is InChI=1S/C16H30N4/c1-6-14(17)15(12-9-18-19(5)10-12)20-8-7-13(11-20)16(2,3)4/h9-10,13-15H,6-8,11,17H2,1-5H3. The highest BCUT2D eigenvalue weighted by Gasteiger charge is 2.37. The number of rotatable bonds is 4. The molecule has 3 atom stereocenters. The molecule has 2 N–H and O–H groups in total. The lowest BCUT2D eigenvalue weighted by molar-refractivity contribution is 0.174. The molecule has 1 saturated heterocycles. The van der Waals surface area contributed by atoms with Crippen LogP contribution in [0.15, 0.2) is 12.4 Å². The van der Waals surface area contributed by atoms with Gasteiger partial charge in [-0.05, 0) is 30.7 Å². The third kappa shape index (κ3) is 3.23. The first-order chi connectivity index (χ1) is 9.32. The summed E-state index contributed by atoms with van der Waals surface area (Å²) in [4.78, 5) is 2.57. The fourth-order valence-electron chi connectivity index (χ4n) is 3.29. The minimum Gasteiger partial charge on any atom is -0.326 e. The highest BCUT2D eigenvalue weighted by molar-refractivity contribution is 5.14. The summed E-state index contributed by atoms with van der Waals surface area (Å²) in [5.41, 5.74) is 8.05. The van der Waals surface area contributed by atoms with E-state index in [1.807, 2.05) is 17.9 Å². The number of hydrogen-bond donors (Lipinski definition) is 1. The van der Waals surface area contributed by atoms with E-state index in [-0.39, 0.29) is 6.04 Å². The Balaban J connectivity index is 2.17. The lowest BCUT2D eigenvalue weighted by Gasteiger charge is -2.33. The Morgan fingerprint density at radius 2 is 2.15 bits per heavy atom. The van der Waals surface area contributed by atoms with Crippen LogP contribution in [0.25, 0.3) is 0 Å². The van der Waals surface area contributed by atoms with Gasteiger partial charge in [0.1, 0.15) is 0 Å². The second-order valence-electron chi connectivity index (χ2n) is 7.31. The molecule has 0 aliphatic carbocycles. The van der Waals surface area contributed by atoms with E-state index >= 15 is 0 Å². The van der Waals surface area contributed by atoms with Crippen LogP contribution in [-0.4, -0.2) is 33.8 Å². The van der Waals surface area contributed by atoms with Crippen molar-refractivity contribution in [1.82, 2.24) is 14.7 Å². The van der Waals surface area contributed by atoms with Gasteiger partial charge in [0.2, 0.25) is 0 Å². The van der Waals surface area contributed by atoms with Gasteiger partial charge in [-0.3, -0.25) is 9.58 Å². The lowest BCUT2D eigenvalue weighted by atomic mass is 9.80. The topological polar surface area (TPSA) is 47.1 Å². The quantitative estimate of drug-likeness (QED) is 0.921. The van der Waals surface area contributed by atoms with Crippen LogP contribution in [0.5, 0.6) is 0 Å². The van der Waals surface area contributed by atoms with Crippen LogP contribution >= 0.6 is 0 Å². The third-order valence-electron chi connectivity index (χ3n) is 4.78. The smallest absolute Gasteiger partial charge is 0.0538 e. The fourth-order valence-corrected chi connectivity index (χ4v) is 3.29. The monoisotopic (exact) mass is 278 g/mol. The second kappa shape index (κ2) is 5.86. The average Bonchev–Trinajstić information content (AvgIpc) is 2.98. The van der Waals surface area contributed by atoms with Gasteiger partial charge in [0.05, 0.1) is 12.2 Å². The summed E-state index contributed by atoms with van der Waals surface area (Å²) in [5, 5.41) is 4.33.